The molecule has 0 radical (unpaired) electrons. The van der Waals surface area contributed by atoms with Gasteiger partial charge in [-0.05, 0) is 0 Å². The topological polar surface area (TPSA) is 90.4 Å². The fraction of sp³-hybridized carbons (Fsp3) is 0.333. The molecule has 3 N–H and O–H groups in total. The molecular weight excluding hydrogens is 261 g/mol. The number of nitrogen functional groups attached to an aromatic ring is 1. The van der Waals surface area contributed by atoms with E-state index in [0.29, 0.717) is 29.6 Å². The molecule has 6 heteroatoms. The average molecular weight is 270 g/mol. The molecule has 78 valence electrons. The van der Waals surface area contributed by atoms with Crippen molar-refractivity contribution < 1.29 is 9.90 Å². The molecule has 0 unspecified atom stereocenters. The third-order valence-corrected chi connectivity index (χ3v) is 4.66. The van der Waals surface area contributed by atoms with Gasteiger partial charge in [0.2, 0.25) is 0 Å². The fourth-order valence-corrected chi connectivity index (χ4v) is 3.99. The summed E-state index contributed by atoms with van der Waals surface area (Å²) in [7, 11) is 0. The molecule has 1 aromatic rings. The molecule has 0 atom stereocenters. The van der Waals surface area contributed by atoms with Gasteiger partial charge >= 0.3 is 92.1 Å². The summed E-state index contributed by atoms with van der Waals surface area (Å²) in [5.41, 5.74) is 7.33. The van der Waals surface area contributed by atoms with Crippen molar-refractivity contribution in [3.63, 3.8) is 0 Å². The van der Waals surface area contributed by atoms with Crippen molar-refractivity contribution in [1.82, 2.24) is 4.90 Å². The molecule has 15 heavy (non-hydrogen) atoms. The van der Waals surface area contributed by atoms with Crippen LogP contribution in [0.25, 0.3) is 0 Å². The van der Waals surface area contributed by atoms with Crippen molar-refractivity contribution in [3.8, 4) is 6.07 Å². The first kappa shape index (κ1) is 10.1. The number of nitriles is 1. The third kappa shape index (κ3) is 1.60. The SMILES string of the molecule is N#Cc1c(N)[se]c2c1CCN(C(=O)O)C2. The molecule has 0 fully saturated rings. The second-order valence-electron chi connectivity index (χ2n) is 3.31. The summed E-state index contributed by atoms with van der Waals surface area (Å²) in [4.78, 5) is 12.1. The first-order chi connectivity index (χ1) is 7.13. The zero-order chi connectivity index (χ0) is 11.0. The quantitative estimate of drug-likeness (QED) is 0.660. The molecule has 2 heterocycles. The van der Waals surface area contributed by atoms with Gasteiger partial charge in [-0.3, -0.25) is 0 Å². The Hall–Kier alpha value is -1.44. The monoisotopic (exact) mass is 271 g/mol. The van der Waals surface area contributed by atoms with Crippen LogP contribution < -0.4 is 5.73 Å². The van der Waals surface area contributed by atoms with E-state index in [0.717, 1.165) is 10.0 Å². The van der Waals surface area contributed by atoms with Crippen LogP contribution in [0.4, 0.5) is 9.36 Å². The van der Waals surface area contributed by atoms with Gasteiger partial charge in [-0.25, -0.2) is 0 Å². The van der Waals surface area contributed by atoms with Gasteiger partial charge in [0.25, 0.3) is 0 Å². The van der Waals surface area contributed by atoms with Gasteiger partial charge in [-0.2, -0.15) is 0 Å². The van der Waals surface area contributed by atoms with Crippen LogP contribution >= 0.6 is 0 Å². The minimum absolute atomic E-state index is 0.0332. The first-order valence-corrected chi connectivity index (χ1v) is 6.12. The van der Waals surface area contributed by atoms with Crippen molar-refractivity contribution in [3.05, 3.63) is 15.6 Å². The molecule has 0 spiro atoms. The second kappa shape index (κ2) is 3.61. The average Bonchev–Trinajstić information content (AvgIpc) is 2.51. The van der Waals surface area contributed by atoms with Gasteiger partial charge < -0.3 is 0 Å². The number of rotatable bonds is 0. The van der Waals surface area contributed by atoms with Crippen molar-refractivity contribution >= 4 is 25.2 Å². The molecule has 1 aliphatic heterocycles. The van der Waals surface area contributed by atoms with Gasteiger partial charge in [0.15, 0.2) is 0 Å². The fourth-order valence-electron chi connectivity index (χ4n) is 1.71. The predicted octanol–water partition coefficient (Wildman–Crippen LogP) is 0.234. The van der Waals surface area contributed by atoms with E-state index >= 15 is 0 Å². The second-order valence-corrected chi connectivity index (χ2v) is 5.69. The Kier molecular flexibility index (Phi) is 2.43. The van der Waals surface area contributed by atoms with E-state index in [1.165, 1.54) is 4.90 Å². The number of amides is 1. The summed E-state index contributed by atoms with van der Waals surface area (Å²) in [6.45, 7) is 0.874. The van der Waals surface area contributed by atoms with E-state index in [2.05, 4.69) is 6.07 Å². The molecule has 1 aromatic heterocycles. The Morgan fingerprint density at radius 2 is 2.40 bits per heavy atom. The van der Waals surface area contributed by atoms with Crippen LogP contribution in [0.5, 0.6) is 0 Å². The van der Waals surface area contributed by atoms with Crippen LogP contribution in [0.1, 0.15) is 15.6 Å². The number of fused-ring (bicyclic) bond motifs is 1. The summed E-state index contributed by atoms with van der Waals surface area (Å²) in [5, 5.41) is 17.8. The standard InChI is InChI=1S/C9H9N3O2Se/c10-3-6-5-1-2-12(9(13)14)4-7(5)15-8(6)11/h1-2,4,11H2,(H,13,14). The van der Waals surface area contributed by atoms with E-state index in [1.807, 2.05) is 0 Å². The van der Waals surface area contributed by atoms with Crippen molar-refractivity contribution in [2.24, 2.45) is 0 Å². The van der Waals surface area contributed by atoms with Crippen LogP contribution in [0.15, 0.2) is 0 Å². The Balaban J connectivity index is 2.37. The summed E-state index contributed by atoms with van der Waals surface area (Å²) in [6.07, 6.45) is -0.284. The van der Waals surface area contributed by atoms with Crippen LogP contribution in [0, 0.1) is 11.3 Å². The molecule has 0 aliphatic carbocycles. The normalized spacial score (nSPS) is 14.5. The van der Waals surface area contributed by atoms with Crippen molar-refractivity contribution in [2.75, 3.05) is 12.3 Å². The van der Waals surface area contributed by atoms with E-state index < -0.39 is 6.09 Å². The summed E-state index contributed by atoms with van der Waals surface area (Å²) < 4.78 is 1.69. The maximum absolute atomic E-state index is 10.8. The molecular formula is C9H9N3O2Se. The van der Waals surface area contributed by atoms with Crippen LogP contribution in [-0.2, 0) is 13.0 Å². The van der Waals surface area contributed by atoms with Gasteiger partial charge in [-0.1, -0.05) is 0 Å². The Bertz CT molecular complexity index is 461. The number of carboxylic acid groups (broad SMARTS) is 1. The summed E-state index contributed by atoms with van der Waals surface area (Å²) >= 11 is -0.0332. The number of nitrogens with two attached hydrogens (primary N) is 1. The van der Waals surface area contributed by atoms with Crippen molar-refractivity contribution in [2.45, 2.75) is 13.0 Å². The predicted molar refractivity (Wildman–Crippen MR) is 54.6 cm³/mol. The first-order valence-electron chi connectivity index (χ1n) is 4.41. The molecule has 0 aromatic carbocycles. The summed E-state index contributed by atoms with van der Waals surface area (Å²) in [6, 6.07) is 2.10. The molecule has 1 amide bonds. The van der Waals surface area contributed by atoms with E-state index in [4.69, 9.17) is 16.1 Å². The van der Waals surface area contributed by atoms with Crippen LogP contribution in [0.3, 0.4) is 0 Å². The van der Waals surface area contributed by atoms with Crippen LogP contribution in [-0.4, -0.2) is 37.1 Å². The van der Waals surface area contributed by atoms with Crippen molar-refractivity contribution in [1.29, 1.82) is 5.26 Å². The number of hydrogen-bond donors (Lipinski definition) is 2. The van der Waals surface area contributed by atoms with E-state index in [1.54, 1.807) is 0 Å². The number of hydrogen-bond acceptors (Lipinski definition) is 3. The molecule has 0 saturated carbocycles. The molecule has 2 rings (SSSR count). The third-order valence-electron chi connectivity index (χ3n) is 2.47. The zero-order valence-electron chi connectivity index (χ0n) is 7.86. The summed E-state index contributed by atoms with van der Waals surface area (Å²) in [5.74, 6) is 0. The van der Waals surface area contributed by atoms with Gasteiger partial charge in [-0.15, -0.1) is 0 Å². The Labute approximate surface area is 92.5 Å². The van der Waals surface area contributed by atoms with Gasteiger partial charge in [0.1, 0.15) is 0 Å². The molecule has 5 nitrogen and oxygen atoms in total. The van der Waals surface area contributed by atoms with Crippen LogP contribution in [0.2, 0.25) is 0 Å². The van der Waals surface area contributed by atoms with Gasteiger partial charge in [0, 0.05) is 0 Å². The number of anilines is 1. The number of nitrogens with zero attached hydrogens (tertiary/aromatic N) is 2. The maximum atomic E-state index is 10.8. The number of carbonyl (C=O) groups is 1. The van der Waals surface area contributed by atoms with E-state index in [9.17, 15) is 4.79 Å². The molecule has 0 saturated heterocycles. The van der Waals surface area contributed by atoms with Gasteiger partial charge in [0.05, 0.1) is 0 Å². The molecule has 0 bridgehead atoms. The Morgan fingerprint density at radius 1 is 1.67 bits per heavy atom. The molecule has 1 aliphatic rings. The minimum atomic E-state index is -0.902. The Morgan fingerprint density at radius 3 is 3.00 bits per heavy atom. The van der Waals surface area contributed by atoms with E-state index in [-0.39, 0.29) is 14.5 Å². The zero-order valence-corrected chi connectivity index (χ0v) is 9.57.